The number of aromatic nitrogens is 3. The second-order valence-electron chi connectivity index (χ2n) is 4.56. The molecule has 0 aliphatic rings. The Morgan fingerprint density at radius 3 is 2.65 bits per heavy atom. The van der Waals surface area contributed by atoms with Gasteiger partial charge in [-0.25, -0.2) is 0 Å². The highest BCUT2D eigenvalue weighted by molar-refractivity contribution is 5.14. The summed E-state index contributed by atoms with van der Waals surface area (Å²) in [5, 5.41) is 3.64. The second kappa shape index (κ2) is 5.10. The van der Waals surface area contributed by atoms with E-state index in [0.29, 0.717) is 5.89 Å². The van der Waals surface area contributed by atoms with E-state index in [-0.39, 0.29) is 18.3 Å². The van der Waals surface area contributed by atoms with Gasteiger partial charge in [0.05, 0.1) is 6.54 Å². The Labute approximate surface area is 112 Å². The first-order valence-corrected chi connectivity index (χ1v) is 5.88. The zero-order chi connectivity index (χ0) is 14.9. The molecular formula is C12H12F3N3O2. The van der Waals surface area contributed by atoms with E-state index in [1.165, 1.54) is 6.20 Å². The third-order valence-corrected chi connectivity index (χ3v) is 2.62. The van der Waals surface area contributed by atoms with E-state index in [1.54, 1.807) is 0 Å². The van der Waals surface area contributed by atoms with Crippen molar-refractivity contribution >= 4 is 0 Å². The monoisotopic (exact) mass is 287 g/mol. The lowest BCUT2D eigenvalue weighted by Gasteiger charge is -2.08. The fourth-order valence-electron chi connectivity index (χ4n) is 1.60. The van der Waals surface area contributed by atoms with Crippen molar-refractivity contribution in [1.29, 1.82) is 0 Å². The molecule has 0 spiro atoms. The van der Waals surface area contributed by atoms with Crippen molar-refractivity contribution in [2.75, 3.05) is 0 Å². The molecule has 2 heterocycles. The number of hydrogen-bond donors (Lipinski definition) is 0. The summed E-state index contributed by atoms with van der Waals surface area (Å²) in [4.78, 5) is 15.7. The molecule has 108 valence electrons. The lowest BCUT2D eigenvalue weighted by molar-refractivity contribution is -0.138. The summed E-state index contributed by atoms with van der Waals surface area (Å²) in [7, 11) is 0. The van der Waals surface area contributed by atoms with Crippen LogP contribution in [-0.2, 0) is 12.7 Å². The number of nitrogens with zero attached hydrogens (tertiary/aromatic N) is 3. The summed E-state index contributed by atoms with van der Waals surface area (Å²) in [6, 6.07) is 1.91. The van der Waals surface area contributed by atoms with Gasteiger partial charge in [-0.3, -0.25) is 4.79 Å². The van der Waals surface area contributed by atoms with Gasteiger partial charge in [0.25, 0.3) is 5.56 Å². The summed E-state index contributed by atoms with van der Waals surface area (Å²) in [6.45, 7) is 3.51. The van der Waals surface area contributed by atoms with Crippen LogP contribution in [0.15, 0.2) is 27.6 Å². The Bertz CT molecular complexity index is 658. The lowest BCUT2D eigenvalue weighted by Crippen LogP contribution is -2.28. The summed E-state index contributed by atoms with van der Waals surface area (Å²) in [6.07, 6.45) is -3.43. The number of halogens is 3. The highest BCUT2D eigenvalue weighted by Crippen LogP contribution is 2.26. The van der Waals surface area contributed by atoms with Crippen LogP contribution in [0.5, 0.6) is 0 Å². The maximum Gasteiger partial charge on any atom is 0.421 e. The Kier molecular flexibility index (Phi) is 3.65. The van der Waals surface area contributed by atoms with Crippen LogP contribution in [0.1, 0.15) is 37.0 Å². The molecule has 0 saturated heterocycles. The van der Waals surface area contributed by atoms with Gasteiger partial charge in [0.1, 0.15) is 5.56 Å². The highest BCUT2D eigenvalue weighted by Gasteiger charge is 2.34. The Balaban J connectivity index is 2.32. The van der Waals surface area contributed by atoms with E-state index < -0.39 is 17.3 Å². The van der Waals surface area contributed by atoms with E-state index in [9.17, 15) is 18.0 Å². The topological polar surface area (TPSA) is 60.9 Å². The molecule has 0 aliphatic heterocycles. The first kappa shape index (κ1) is 14.3. The van der Waals surface area contributed by atoms with Crippen LogP contribution < -0.4 is 5.56 Å². The van der Waals surface area contributed by atoms with Crippen LogP contribution in [-0.4, -0.2) is 14.7 Å². The average Bonchev–Trinajstić information content (AvgIpc) is 2.79. The largest absolute Gasteiger partial charge is 0.421 e. The van der Waals surface area contributed by atoms with Crippen LogP contribution in [0.4, 0.5) is 13.2 Å². The van der Waals surface area contributed by atoms with Gasteiger partial charge in [0.15, 0.2) is 5.82 Å². The third-order valence-electron chi connectivity index (χ3n) is 2.62. The summed E-state index contributed by atoms with van der Waals surface area (Å²) < 4.78 is 43.7. The van der Waals surface area contributed by atoms with Gasteiger partial charge in [0, 0.05) is 12.1 Å². The summed E-state index contributed by atoms with van der Waals surface area (Å²) >= 11 is 0. The maximum absolute atomic E-state index is 12.6. The molecule has 5 nitrogen and oxygen atoms in total. The normalized spacial score (nSPS) is 12.1. The van der Waals surface area contributed by atoms with E-state index in [2.05, 4.69) is 10.1 Å². The van der Waals surface area contributed by atoms with Crippen molar-refractivity contribution in [3.05, 3.63) is 46.0 Å². The average molecular weight is 287 g/mol. The summed E-state index contributed by atoms with van der Waals surface area (Å²) in [5.41, 5.74) is -2.34. The van der Waals surface area contributed by atoms with E-state index in [0.717, 1.165) is 16.7 Å². The SMILES string of the molecule is CC(C)c1nc(Cn2cccc(C(F)(F)F)c2=O)no1. The second-order valence-corrected chi connectivity index (χ2v) is 4.56. The molecule has 0 fully saturated rings. The summed E-state index contributed by atoms with van der Waals surface area (Å²) in [5.74, 6) is 0.546. The van der Waals surface area contributed by atoms with Crippen molar-refractivity contribution in [3.8, 4) is 0 Å². The standard InChI is InChI=1S/C12H12F3N3O2/c1-7(2)10-16-9(17-20-10)6-18-5-3-4-8(11(18)19)12(13,14)15/h3-5,7H,6H2,1-2H3. The Morgan fingerprint density at radius 1 is 1.40 bits per heavy atom. The van der Waals surface area contributed by atoms with Crippen LogP contribution in [0.2, 0.25) is 0 Å². The molecule has 0 amide bonds. The zero-order valence-electron chi connectivity index (χ0n) is 10.8. The van der Waals surface area contributed by atoms with Crippen LogP contribution in [0.3, 0.4) is 0 Å². The van der Waals surface area contributed by atoms with Gasteiger partial charge >= 0.3 is 6.18 Å². The van der Waals surface area contributed by atoms with Crippen molar-refractivity contribution in [3.63, 3.8) is 0 Å². The van der Waals surface area contributed by atoms with Crippen LogP contribution >= 0.6 is 0 Å². The molecular weight excluding hydrogens is 275 g/mol. The smallest absolute Gasteiger partial charge is 0.339 e. The van der Waals surface area contributed by atoms with Crippen LogP contribution in [0.25, 0.3) is 0 Å². The minimum absolute atomic E-state index is 0.00878. The minimum Gasteiger partial charge on any atom is -0.339 e. The van der Waals surface area contributed by atoms with E-state index >= 15 is 0 Å². The molecule has 0 atom stereocenters. The van der Waals surface area contributed by atoms with Gasteiger partial charge in [-0.2, -0.15) is 18.2 Å². The molecule has 2 rings (SSSR count). The van der Waals surface area contributed by atoms with Crippen molar-refractivity contribution in [2.24, 2.45) is 0 Å². The molecule has 2 aromatic heterocycles. The molecule has 0 bridgehead atoms. The number of hydrogen-bond acceptors (Lipinski definition) is 4. The van der Waals surface area contributed by atoms with Crippen molar-refractivity contribution in [1.82, 2.24) is 14.7 Å². The van der Waals surface area contributed by atoms with Crippen LogP contribution in [0, 0.1) is 0 Å². The van der Waals surface area contributed by atoms with Gasteiger partial charge in [-0.1, -0.05) is 19.0 Å². The Hall–Kier alpha value is -2.12. The molecule has 0 aromatic carbocycles. The van der Waals surface area contributed by atoms with Gasteiger partial charge < -0.3 is 9.09 Å². The van der Waals surface area contributed by atoms with Gasteiger partial charge in [0.2, 0.25) is 5.89 Å². The van der Waals surface area contributed by atoms with E-state index in [1.807, 2.05) is 13.8 Å². The highest BCUT2D eigenvalue weighted by atomic mass is 19.4. The fraction of sp³-hybridized carbons (Fsp3) is 0.417. The van der Waals surface area contributed by atoms with Crippen molar-refractivity contribution in [2.45, 2.75) is 32.5 Å². The predicted molar refractivity (Wildman–Crippen MR) is 63.2 cm³/mol. The number of rotatable bonds is 3. The van der Waals surface area contributed by atoms with Crippen molar-refractivity contribution < 1.29 is 17.7 Å². The molecule has 20 heavy (non-hydrogen) atoms. The molecule has 0 aliphatic carbocycles. The molecule has 0 unspecified atom stereocenters. The zero-order valence-corrected chi connectivity index (χ0v) is 10.8. The molecule has 0 radical (unpaired) electrons. The number of alkyl halides is 3. The lowest BCUT2D eigenvalue weighted by atomic mass is 10.2. The van der Waals surface area contributed by atoms with Gasteiger partial charge in [-0.05, 0) is 12.1 Å². The quantitative estimate of drug-likeness (QED) is 0.869. The Morgan fingerprint density at radius 2 is 2.10 bits per heavy atom. The first-order chi connectivity index (χ1) is 9.29. The van der Waals surface area contributed by atoms with E-state index in [4.69, 9.17) is 4.52 Å². The maximum atomic E-state index is 12.6. The fourth-order valence-corrected chi connectivity index (χ4v) is 1.60. The number of pyridine rings is 1. The molecule has 2 aromatic rings. The first-order valence-electron chi connectivity index (χ1n) is 5.88. The van der Waals surface area contributed by atoms with Gasteiger partial charge in [-0.15, -0.1) is 0 Å². The molecule has 0 saturated carbocycles. The molecule has 0 N–H and O–H groups in total. The third kappa shape index (κ3) is 2.89. The molecule has 8 heteroatoms. The predicted octanol–water partition coefficient (Wildman–Crippen LogP) is 2.42. The minimum atomic E-state index is -4.68.